The molecule has 0 heterocycles. The van der Waals surface area contributed by atoms with E-state index in [9.17, 15) is 94.5 Å². The van der Waals surface area contributed by atoms with Crippen LogP contribution in [0.2, 0.25) is 0 Å². The largest absolute Gasteiger partial charge is 0.508 e. The molecule has 0 unspecified atom stereocenters. The average Bonchev–Trinajstić information content (AvgIpc) is 3.56. The van der Waals surface area contributed by atoms with E-state index in [1.165, 1.54) is 72.8 Å². The summed E-state index contributed by atoms with van der Waals surface area (Å²) in [4.78, 5) is 31.7. The van der Waals surface area contributed by atoms with Gasteiger partial charge >= 0.3 is 36.3 Å². The summed E-state index contributed by atoms with van der Waals surface area (Å²) >= 11 is 0. The molecule has 0 fully saturated rings. The number of sulfonamides is 3. The smallest absolute Gasteiger partial charge is 0.471 e. The number of carbonyl (C=O) groups is 3. The first-order valence-electron chi connectivity index (χ1n) is 25.3. The number of ether oxygens (including phenoxy) is 6. The standard InChI is InChI=1S/2C17H25F3N2O6S.C15H21F3N2O6S/c2*1-12(2)15(22-29(25,26)14-5-3-13(23)4-6-14)11-28-10-9-27-8-7-21-16(24)17(18,19)20;1-11(20-27(23,24)13-4-2-12(21)3-5-13)10-26-9-8-25-7-6-19-14(22)15(16,17)18/h2*3-6,12,15,22-23H,7-11H2,1-2H3,(H,21,24);2-5,11,20-21H,6-10H2,1H3,(H,19,22)/t2*15-;11-/m101/s1. The Balaban J connectivity index is 0.000000638. The number of hydrogen-bond donors (Lipinski definition) is 9. The van der Waals surface area contributed by atoms with Crippen LogP contribution in [0.1, 0.15) is 34.6 Å². The monoisotopic (exact) mass is 1300 g/mol. The fourth-order valence-electron chi connectivity index (χ4n) is 5.85. The topological polar surface area (TPSA) is 342 Å². The number of benzene rings is 3. The molecular formula is C49H71F9N6O18S3. The molecule has 0 saturated carbocycles. The van der Waals surface area contributed by atoms with Crippen LogP contribution in [0.15, 0.2) is 87.5 Å². The molecule has 0 aromatic heterocycles. The normalized spacial score (nSPS) is 13.4. The molecule has 24 nitrogen and oxygen atoms in total. The van der Waals surface area contributed by atoms with Crippen LogP contribution in [0, 0.1) is 11.8 Å². The third-order valence-electron chi connectivity index (χ3n) is 10.5. The summed E-state index contributed by atoms with van der Waals surface area (Å²) in [7, 11) is -11.4. The first-order valence-corrected chi connectivity index (χ1v) is 29.8. The highest BCUT2D eigenvalue weighted by atomic mass is 32.2. The Bertz CT molecular complexity index is 2640. The maximum Gasteiger partial charge on any atom is 0.471 e. The van der Waals surface area contributed by atoms with Gasteiger partial charge < -0.3 is 59.7 Å². The fourth-order valence-corrected chi connectivity index (χ4v) is 9.82. The SMILES string of the molecule is CC(C)[C@@H](COCCOCCNC(=O)C(F)(F)F)NS(=O)(=O)c1ccc(O)cc1.CC(C)[C@H](COCCOCCNC(=O)C(F)(F)F)NS(=O)(=O)c1ccc(O)cc1.C[C@H](COCCOCCNC(=O)C(F)(F)F)NS(=O)(=O)c1ccc(O)cc1. The van der Waals surface area contributed by atoms with Gasteiger partial charge in [-0.1, -0.05) is 27.7 Å². The lowest BCUT2D eigenvalue weighted by Gasteiger charge is -2.22. The Kier molecular flexibility index (Phi) is 34.4. The Morgan fingerprint density at radius 1 is 0.388 bits per heavy atom. The van der Waals surface area contributed by atoms with Gasteiger partial charge in [0.05, 0.1) is 94.0 Å². The van der Waals surface area contributed by atoms with Gasteiger partial charge in [-0.2, -0.15) is 39.5 Å². The van der Waals surface area contributed by atoms with E-state index in [-0.39, 0.29) is 143 Å². The van der Waals surface area contributed by atoms with E-state index in [2.05, 4.69) is 14.2 Å². The molecule has 3 aromatic rings. The zero-order chi connectivity index (χ0) is 64.7. The summed E-state index contributed by atoms with van der Waals surface area (Å²) in [6.45, 7) is 8.26. The van der Waals surface area contributed by atoms with Crippen molar-refractivity contribution in [3.63, 3.8) is 0 Å². The van der Waals surface area contributed by atoms with E-state index in [1.807, 2.05) is 27.7 Å². The first-order chi connectivity index (χ1) is 39.4. The van der Waals surface area contributed by atoms with Gasteiger partial charge in [0.2, 0.25) is 30.1 Å². The molecule has 3 rings (SSSR count). The lowest BCUT2D eigenvalue weighted by molar-refractivity contribution is -0.173. The Hall–Kier alpha value is -5.67. The van der Waals surface area contributed by atoms with Crippen LogP contribution in [0.4, 0.5) is 39.5 Å². The van der Waals surface area contributed by atoms with Crippen molar-refractivity contribution >= 4 is 47.8 Å². The van der Waals surface area contributed by atoms with Gasteiger partial charge in [0, 0.05) is 37.8 Å². The number of rotatable bonds is 35. The molecule has 3 amide bonds. The van der Waals surface area contributed by atoms with Crippen molar-refractivity contribution in [2.24, 2.45) is 11.8 Å². The quantitative estimate of drug-likeness (QED) is 0.0300. The molecule has 0 aliphatic rings. The van der Waals surface area contributed by atoms with Crippen molar-refractivity contribution < 1.29 is 123 Å². The van der Waals surface area contributed by atoms with Gasteiger partial charge in [-0.3, -0.25) is 14.4 Å². The minimum Gasteiger partial charge on any atom is -0.508 e. The third kappa shape index (κ3) is 33.7. The number of nitrogens with one attached hydrogen (secondary N) is 6. The Morgan fingerprint density at radius 2 is 0.624 bits per heavy atom. The van der Waals surface area contributed by atoms with Crippen molar-refractivity contribution in [2.75, 3.05) is 98.9 Å². The van der Waals surface area contributed by atoms with Crippen LogP contribution in [-0.4, -0.2) is 194 Å². The van der Waals surface area contributed by atoms with Crippen LogP contribution in [0.5, 0.6) is 17.2 Å². The van der Waals surface area contributed by atoms with Crippen molar-refractivity contribution in [3.05, 3.63) is 72.8 Å². The summed E-state index contributed by atoms with van der Waals surface area (Å²) in [5.41, 5.74) is 0. The number of amides is 3. The molecular weight excluding hydrogens is 1230 g/mol. The Morgan fingerprint density at radius 3 is 0.871 bits per heavy atom. The number of halogens is 9. The van der Waals surface area contributed by atoms with Gasteiger partial charge in [-0.15, -0.1) is 0 Å². The van der Waals surface area contributed by atoms with E-state index in [1.54, 1.807) is 22.9 Å². The van der Waals surface area contributed by atoms with E-state index in [4.69, 9.17) is 28.4 Å². The van der Waals surface area contributed by atoms with Crippen LogP contribution in [-0.2, 0) is 72.9 Å². The number of hydrogen-bond acceptors (Lipinski definition) is 18. The molecule has 3 atom stereocenters. The van der Waals surface area contributed by atoms with Gasteiger partial charge in [-0.25, -0.2) is 39.4 Å². The molecule has 486 valence electrons. The zero-order valence-corrected chi connectivity index (χ0v) is 49.0. The predicted octanol–water partition coefficient (Wildman–Crippen LogP) is 3.58. The first kappa shape index (κ1) is 77.3. The fraction of sp³-hybridized carbons (Fsp3) is 0.571. The van der Waals surface area contributed by atoms with Crippen LogP contribution in [0.25, 0.3) is 0 Å². The second-order valence-electron chi connectivity index (χ2n) is 18.3. The molecule has 0 bridgehead atoms. The van der Waals surface area contributed by atoms with Crippen LogP contribution >= 0.6 is 0 Å². The summed E-state index contributed by atoms with van der Waals surface area (Å²) in [5, 5.41) is 32.7. The average molecular weight is 1300 g/mol. The van der Waals surface area contributed by atoms with E-state index in [0.29, 0.717) is 0 Å². The van der Waals surface area contributed by atoms with E-state index in [0.717, 1.165) is 0 Å². The highest BCUT2D eigenvalue weighted by molar-refractivity contribution is 7.90. The van der Waals surface area contributed by atoms with Gasteiger partial charge in [0.1, 0.15) is 17.2 Å². The maximum atomic E-state index is 12.4. The Labute approximate surface area is 485 Å². The molecule has 36 heteroatoms. The van der Waals surface area contributed by atoms with E-state index < -0.39 is 84.4 Å². The van der Waals surface area contributed by atoms with Crippen molar-refractivity contribution in [3.8, 4) is 17.2 Å². The summed E-state index contributed by atoms with van der Waals surface area (Å²) in [6.07, 6.45) is -14.8. The molecule has 0 radical (unpaired) electrons. The zero-order valence-electron chi connectivity index (χ0n) is 46.5. The summed E-state index contributed by atoms with van der Waals surface area (Å²) in [5.74, 6) is -6.41. The highest BCUT2D eigenvalue weighted by Gasteiger charge is 2.39. The van der Waals surface area contributed by atoms with Crippen molar-refractivity contribution in [2.45, 2.75) is 86.0 Å². The second-order valence-corrected chi connectivity index (χ2v) is 23.4. The molecule has 0 spiro atoms. The summed E-state index contributed by atoms with van der Waals surface area (Å²) < 4.78 is 220. The molecule has 0 saturated heterocycles. The number of carbonyl (C=O) groups excluding carboxylic acids is 3. The highest BCUT2D eigenvalue weighted by Crippen LogP contribution is 2.20. The van der Waals surface area contributed by atoms with Crippen LogP contribution < -0.4 is 30.1 Å². The number of aromatic hydroxyl groups is 3. The predicted molar refractivity (Wildman–Crippen MR) is 284 cm³/mol. The van der Waals surface area contributed by atoms with Gasteiger partial charge in [-0.05, 0) is 91.6 Å². The number of phenolic OH excluding ortho intramolecular Hbond substituents is 3. The second kappa shape index (κ2) is 37.8. The molecule has 0 aliphatic carbocycles. The van der Waals surface area contributed by atoms with Crippen molar-refractivity contribution in [1.29, 1.82) is 0 Å². The lowest BCUT2D eigenvalue weighted by Crippen LogP contribution is -2.42. The minimum atomic E-state index is -4.93. The van der Waals surface area contributed by atoms with Crippen LogP contribution in [0.3, 0.4) is 0 Å². The van der Waals surface area contributed by atoms with Crippen molar-refractivity contribution in [1.82, 2.24) is 30.1 Å². The summed E-state index contributed by atoms with van der Waals surface area (Å²) in [6, 6.07) is 13.6. The minimum absolute atomic E-state index is 0.00335. The van der Waals surface area contributed by atoms with Gasteiger partial charge in [0.25, 0.3) is 0 Å². The maximum absolute atomic E-state index is 12.4. The third-order valence-corrected chi connectivity index (χ3v) is 15.1. The van der Waals surface area contributed by atoms with Gasteiger partial charge in [0.15, 0.2) is 0 Å². The lowest BCUT2D eigenvalue weighted by atomic mass is 10.1. The molecule has 85 heavy (non-hydrogen) atoms. The van der Waals surface area contributed by atoms with E-state index >= 15 is 0 Å². The molecule has 3 aromatic carbocycles. The molecule has 9 N–H and O–H groups in total. The molecule has 0 aliphatic heterocycles. The number of alkyl halides is 9. The number of phenols is 3.